The predicted molar refractivity (Wildman–Crippen MR) is 80.2 cm³/mol. The molecule has 2 aromatic heterocycles. The number of pyridine rings is 1. The molecule has 0 unspecified atom stereocenters. The van der Waals surface area contributed by atoms with E-state index in [9.17, 15) is 8.42 Å². The maximum absolute atomic E-state index is 11.6. The summed E-state index contributed by atoms with van der Waals surface area (Å²) >= 11 is 0. The molecule has 0 aromatic carbocycles. The molecule has 1 aliphatic heterocycles. The van der Waals surface area contributed by atoms with Gasteiger partial charge in [-0.25, -0.2) is 12.7 Å². The lowest BCUT2D eigenvalue weighted by Gasteiger charge is -2.30. The fraction of sp³-hybridized carbons (Fsp3) is 0.538. The monoisotopic (exact) mass is 322 g/mol. The van der Waals surface area contributed by atoms with Crippen LogP contribution in [-0.4, -0.2) is 57.3 Å². The van der Waals surface area contributed by atoms with E-state index in [-0.39, 0.29) is 5.92 Å². The Balaban J connectivity index is 1.68. The van der Waals surface area contributed by atoms with Crippen molar-refractivity contribution in [2.24, 2.45) is 5.92 Å². The fourth-order valence-corrected chi connectivity index (χ4v) is 3.57. The minimum atomic E-state index is -3.13. The van der Waals surface area contributed by atoms with Crippen molar-refractivity contribution in [1.29, 1.82) is 0 Å². The molecule has 0 spiro atoms. The summed E-state index contributed by atoms with van der Waals surface area (Å²) in [5, 5.41) is 12.4. The van der Waals surface area contributed by atoms with Crippen LogP contribution in [0.15, 0.2) is 24.4 Å². The van der Waals surface area contributed by atoms with Gasteiger partial charge in [0.15, 0.2) is 0 Å². The molecule has 1 atom stereocenters. The predicted octanol–water partition coefficient (Wildman–Crippen LogP) is 0.407. The molecule has 9 heteroatoms. The first-order valence-electron chi connectivity index (χ1n) is 7.17. The molecule has 8 nitrogen and oxygen atoms in total. The Morgan fingerprint density at radius 3 is 2.95 bits per heavy atom. The second-order valence-electron chi connectivity index (χ2n) is 5.51. The van der Waals surface area contributed by atoms with Crippen LogP contribution in [0, 0.1) is 5.92 Å². The van der Waals surface area contributed by atoms with Gasteiger partial charge in [-0.1, -0.05) is 6.07 Å². The topological polar surface area (TPSA) is 93.9 Å². The van der Waals surface area contributed by atoms with Crippen LogP contribution >= 0.6 is 0 Å². The van der Waals surface area contributed by atoms with E-state index in [0.29, 0.717) is 31.2 Å². The number of aromatic nitrogens is 5. The van der Waals surface area contributed by atoms with Crippen LogP contribution in [0.3, 0.4) is 0 Å². The van der Waals surface area contributed by atoms with Gasteiger partial charge in [-0.15, -0.1) is 10.2 Å². The highest BCUT2D eigenvalue weighted by molar-refractivity contribution is 7.88. The molecule has 1 aliphatic rings. The summed E-state index contributed by atoms with van der Waals surface area (Å²) in [4.78, 5) is 5.72. The maximum atomic E-state index is 11.6. The lowest BCUT2D eigenvalue weighted by molar-refractivity contribution is 0.232. The summed E-state index contributed by atoms with van der Waals surface area (Å²) < 4.78 is 24.8. The molecule has 0 radical (unpaired) electrons. The van der Waals surface area contributed by atoms with Gasteiger partial charge in [-0.2, -0.15) is 4.80 Å². The molecular formula is C13H18N6O2S. The summed E-state index contributed by atoms with van der Waals surface area (Å²) in [5.41, 5.74) is 0.676. The van der Waals surface area contributed by atoms with E-state index in [1.165, 1.54) is 15.4 Å². The Bertz CT molecular complexity index is 730. The average Bonchev–Trinajstić information content (AvgIpc) is 2.96. The van der Waals surface area contributed by atoms with Crippen LogP contribution in [0.4, 0.5) is 0 Å². The van der Waals surface area contributed by atoms with Crippen LogP contribution in [0.5, 0.6) is 0 Å². The van der Waals surface area contributed by atoms with Crippen molar-refractivity contribution in [2.45, 2.75) is 19.4 Å². The lowest BCUT2D eigenvalue weighted by atomic mass is 10.00. The van der Waals surface area contributed by atoms with Crippen molar-refractivity contribution >= 4 is 10.0 Å². The molecule has 3 heterocycles. The molecule has 2 aromatic rings. The Kier molecular flexibility index (Phi) is 4.16. The van der Waals surface area contributed by atoms with Crippen molar-refractivity contribution in [3.63, 3.8) is 0 Å². The van der Waals surface area contributed by atoms with Gasteiger partial charge in [0.25, 0.3) is 0 Å². The molecule has 118 valence electrons. The number of nitrogens with zero attached hydrogens (tertiary/aromatic N) is 6. The minimum absolute atomic E-state index is 0.203. The van der Waals surface area contributed by atoms with Gasteiger partial charge in [-0.05, 0) is 36.1 Å². The van der Waals surface area contributed by atoms with Crippen molar-refractivity contribution in [1.82, 2.24) is 29.5 Å². The Labute approximate surface area is 129 Å². The van der Waals surface area contributed by atoms with Crippen molar-refractivity contribution < 1.29 is 8.42 Å². The molecule has 3 rings (SSSR count). The number of piperidine rings is 1. The highest BCUT2D eigenvalue weighted by Gasteiger charge is 2.26. The zero-order valence-corrected chi connectivity index (χ0v) is 13.1. The van der Waals surface area contributed by atoms with Gasteiger partial charge < -0.3 is 0 Å². The number of hydrogen-bond donors (Lipinski definition) is 0. The number of sulfonamides is 1. The Morgan fingerprint density at radius 2 is 2.23 bits per heavy atom. The molecule has 0 saturated carbocycles. The second-order valence-corrected chi connectivity index (χ2v) is 7.49. The first-order valence-corrected chi connectivity index (χ1v) is 9.01. The standard InChI is InChI=1S/C13H18N6O2S/c1-22(20,21)18-8-4-5-11(9-18)10-19-16-13(15-17-19)12-6-2-3-7-14-12/h2-3,6-7,11H,4-5,8-10H2,1H3/t11-/m1/s1. The second kappa shape index (κ2) is 6.09. The van der Waals surface area contributed by atoms with Gasteiger partial charge in [0.2, 0.25) is 15.8 Å². The summed E-state index contributed by atoms with van der Waals surface area (Å²) in [6, 6.07) is 5.53. The third-order valence-corrected chi connectivity index (χ3v) is 4.99. The zero-order valence-electron chi connectivity index (χ0n) is 12.3. The third kappa shape index (κ3) is 3.47. The van der Waals surface area contributed by atoms with E-state index in [2.05, 4.69) is 20.4 Å². The lowest BCUT2D eigenvalue weighted by Crippen LogP contribution is -2.40. The molecule has 22 heavy (non-hydrogen) atoms. The van der Waals surface area contributed by atoms with Crippen LogP contribution in [0.25, 0.3) is 11.5 Å². The minimum Gasteiger partial charge on any atom is -0.253 e. The quantitative estimate of drug-likeness (QED) is 0.809. The first-order chi connectivity index (χ1) is 10.5. The fourth-order valence-electron chi connectivity index (χ4n) is 2.63. The van der Waals surface area contributed by atoms with E-state index in [1.54, 1.807) is 6.20 Å². The van der Waals surface area contributed by atoms with Crippen LogP contribution in [0.1, 0.15) is 12.8 Å². The normalized spacial score (nSPS) is 20.1. The first kappa shape index (κ1) is 15.0. The van der Waals surface area contributed by atoms with Crippen molar-refractivity contribution in [3.05, 3.63) is 24.4 Å². The number of tetrazole rings is 1. The summed E-state index contributed by atoms with van der Waals surface area (Å²) in [7, 11) is -3.13. The Hall–Kier alpha value is -1.87. The van der Waals surface area contributed by atoms with Crippen LogP contribution in [-0.2, 0) is 16.6 Å². The molecular weight excluding hydrogens is 304 g/mol. The zero-order chi connectivity index (χ0) is 15.6. The van der Waals surface area contributed by atoms with E-state index < -0.39 is 10.0 Å². The summed E-state index contributed by atoms with van der Waals surface area (Å²) in [5.74, 6) is 0.686. The largest absolute Gasteiger partial charge is 0.253 e. The smallest absolute Gasteiger partial charge is 0.223 e. The third-order valence-electron chi connectivity index (χ3n) is 3.72. The van der Waals surface area contributed by atoms with Gasteiger partial charge in [0.1, 0.15) is 5.69 Å². The van der Waals surface area contributed by atoms with E-state index in [1.807, 2.05) is 18.2 Å². The van der Waals surface area contributed by atoms with Crippen molar-refractivity contribution in [3.8, 4) is 11.5 Å². The summed E-state index contributed by atoms with van der Waals surface area (Å²) in [6.07, 6.45) is 4.76. The Morgan fingerprint density at radius 1 is 1.36 bits per heavy atom. The molecule has 1 fully saturated rings. The highest BCUT2D eigenvalue weighted by atomic mass is 32.2. The van der Waals surface area contributed by atoms with Crippen molar-refractivity contribution in [2.75, 3.05) is 19.3 Å². The van der Waals surface area contributed by atoms with Crippen LogP contribution < -0.4 is 0 Å². The highest BCUT2D eigenvalue weighted by Crippen LogP contribution is 2.20. The molecule has 1 saturated heterocycles. The summed E-state index contributed by atoms with van der Waals surface area (Å²) in [6.45, 7) is 1.67. The van der Waals surface area contributed by atoms with Gasteiger partial charge in [0.05, 0.1) is 12.8 Å². The van der Waals surface area contributed by atoms with E-state index in [0.717, 1.165) is 12.8 Å². The van der Waals surface area contributed by atoms with Gasteiger partial charge in [0, 0.05) is 19.3 Å². The van der Waals surface area contributed by atoms with E-state index in [4.69, 9.17) is 0 Å². The maximum Gasteiger partial charge on any atom is 0.223 e. The van der Waals surface area contributed by atoms with E-state index >= 15 is 0 Å². The average molecular weight is 322 g/mol. The molecule has 0 aliphatic carbocycles. The molecule has 0 bridgehead atoms. The van der Waals surface area contributed by atoms with Gasteiger partial charge in [-0.3, -0.25) is 4.98 Å². The van der Waals surface area contributed by atoms with Gasteiger partial charge >= 0.3 is 0 Å². The van der Waals surface area contributed by atoms with Crippen LogP contribution in [0.2, 0.25) is 0 Å². The number of hydrogen-bond acceptors (Lipinski definition) is 6. The molecule has 0 N–H and O–H groups in total. The molecule has 0 amide bonds. The SMILES string of the molecule is CS(=O)(=O)N1CCC[C@@H](Cn2nnc(-c3ccccn3)n2)C1. The number of rotatable bonds is 4.